The van der Waals surface area contributed by atoms with E-state index in [4.69, 9.17) is 0 Å². The molecule has 2 N–H and O–H groups in total. The molecule has 0 radical (unpaired) electrons. The lowest BCUT2D eigenvalue weighted by atomic mass is 10.2. The number of rotatable bonds is 5. The molecule has 6 heteroatoms. The molecule has 1 amide bonds. The molecular weight excluding hydrogens is 264 g/mol. The van der Waals surface area contributed by atoms with E-state index < -0.39 is 11.6 Å². The highest BCUT2D eigenvalue weighted by atomic mass is 19.2. The zero-order valence-corrected chi connectivity index (χ0v) is 11.5. The van der Waals surface area contributed by atoms with E-state index in [0.717, 1.165) is 38.1 Å². The lowest BCUT2D eigenvalue weighted by Gasteiger charge is -2.23. The van der Waals surface area contributed by atoms with Crippen LogP contribution in [0.25, 0.3) is 0 Å². The Hall–Kier alpha value is -1.53. The molecule has 1 aromatic carbocycles. The second kappa shape index (κ2) is 6.76. The first-order valence-electron chi connectivity index (χ1n) is 6.73. The van der Waals surface area contributed by atoms with Gasteiger partial charge >= 0.3 is 0 Å². The van der Waals surface area contributed by atoms with Gasteiger partial charge in [-0.05, 0) is 38.6 Å². The van der Waals surface area contributed by atoms with Gasteiger partial charge < -0.3 is 10.6 Å². The van der Waals surface area contributed by atoms with Crippen molar-refractivity contribution in [2.45, 2.75) is 18.9 Å². The number of anilines is 1. The topological polar surface area (TPSA) is 44.4 Å². The Morgan fingerprint density at radius 1 is 1.40 bits per heavy atom. The van der Waals surface area contributed by atoms with Gasteiger partial charge in [0.25, 0.3) is 0 Å². The Labute approximate surface area is 117 Å². The van der Waals surface area contributed by atoms with E-state index >= 15 is 0 Å². The minimum Gasteiger partial charge on any atom is -0.325 e. The fraction of sp³-hybridized carbons (Fsp3) is 0.500. The molecular formula is C14H19F2N3O. The number of likely N-dealkylation sites (N-methyl/N-ethyl adjacent to an activating group) is 1. The summed E-state index contributed by atoms with van der Waals surface area (Å²) in [6, 6.07) is 3.70. The molecule has 0 spiro atoms. The van der Waals surface area contributed by atoms with E-state index in [9.17, 15) is 13.6 Å². The van der Waals surface area contributed by atoms with Crippen LogP contribution in [0.15, 0.2) is 18.2 Å². The minimum absolute atomic E-state index is 0.209. The predicted molar refractivity (Wildman–Crippen MR) is 73.5 cm³/mol. The second-order valence-corrected chi connectivity index (χ2v) is 5.00. The first kappa shape index (κ1) is 14.9. The summed E-state index contributed by atoms with van der Waals surface area (Å²) in [5.41, 5.74) is 0.276. The van der Waals surface area contributed by atoms with Crippen molar-refractivity contribution in [3.63, 3.8) is 0 Å². The fourth-order valence-corrected chi connectivity index (χ4v) is 2.53. The number of likely N-dealkylation sites (tertiary alicyclic amines) is 1. The van der Waals surface area contributed by atoms with Crippen molar-refractivity contribution >= 4 is 11.6 Å². The molecule has 2 rings (SSSR count). The molecule has 0 bridgehead atoms. The van der Waals surface area contributed by atoms with E-state index in [2.05, 4.69) is 15.5 Å². The Kier molecular flexibility index (Phi) is 5.03. The van der Waals surface area contributed by atoms with Crippen LogP contribution in [-0.2, 0) is 4.79 Å². The van der Waals surface area contributed by atoms with Crippen LogP contribution in [0.4, 0.5) is 14.5 Å². The molecule has 1 heterocycles. The lowest BCUT2D eigenvalue weighted by Crippen LogP contribution is -2.41. The molecule has 110 valence electrons. The van der Waals surface area contributed by atoms with Gasteiger partial charge in [0.1, 0.15) is 0 Å². The third-order valence-electron chi connectivity index (χ3n) is 3.49. The molecule has 1 fully saturated rings. The smallest absolute Gasteiger partial charge is 0.238 e. The third kappa shape index (κ3) is 3.74. The maximum absolute atomic E-state index is 13.1. The summed E-state index contributed by atoms with van der Waals surface area (Å²) in [7, 11) is 1.89. The average molecular weight is 283 g/mol. The predicted octanol–water partition coefficient (Wildman–Crippen LogP) is 1.59. The number of hydrogen-bond donors (Lipinski definition) is 2. The van der Waals surface area contributed by atoms with Crippen LogP contribution < -0.4 is 10.6 Å². The van der Waals surface area contributed by atoms with Crippen LogP contribution in [0.2, 0.25) is 0 Å². The Balaban J connectivity index is 1.90. The molecule has 1 aromatic rings. The maximum atomic E-state index is 13.1. The van der Waals surface area contributed by atoms with Gasteiger partial charge in [0.15, 0.2) is 11.6 Å². The summed E-state index contributed by atoms with van der Waals surface area (Å²) in [6.45, 7) is 2.00. The maximum Gasteiger partial charge on any atom is 0.238 e. The van der Waals surface area contributed by atoms with Crippen LogP contribution in [0, 0.1) is 11.6 Å². The standard InChI is InChI=1S/C14H19F2N3O/c1-17-8-11-3-2-6-19(11)9-14(20)18-10-4-5-12(15)13(16)7-10/h4-5,7,11,17H,2-3,6,8-9H2,1H3,(H,18,20). The minimum atomic E-state index is -0.961. The number of nitrogens with one attached hydrogen (secondary N) is 2. The van der Waals surface area contributed by atoms with Gasteiger partial charge in [0.2, 0.25) is 5.91 Å². The molecule has 0 aromatic heterocycles. The quantitative estimate of drug-likeness (QED) is 0.862. The molecule has 20 heavy (non-hydrogen) atoms. The zero-order chi connectivity index (χ0) is 14.5. The average Bonchev–Trinajstić information content (AvgIpc) is 2.82. The van der Waals surface area contributed by atoms with Crippen molar-refractivity contribution in [3.05, 3.63) is 29.8 Å². The molecule has 0 aliphatic carbocycles. The number of hydrogen-bond acceptors (Lipinski definition) is 3. The number of carbonyl (C=O) groups excluding carboxylic acids is 1. The van der Waals surface area contributed by atoms with Gasteiger partial charge in [-0.2, -0.15) is 0 Å². The number of amides is 1. The van der Waals surface area contributed by atoms with E-state index in [0.29, 0.717) is 6.04 Å². The first-order valence-corrected chi connectivity index (χ1v) is 6.73. The number of benzene rings is 1. The Morgan fingerprint density at radius 2 is 2.20 bits per heavy atom. The fourth-order valence-electron chi connectivity index (χ4n) is 2.53. The number of halogens is 2. The number of carbonyl (C=O) groups is 1. The van der Waals surface area contributed by atoms with Gasteiger partial charge in [0.05, 0.1) is 6.54 Å². The van der Waals surface area contributed by atoms with E-state index in [1.807, 2.05) is 7.05 Å². The van der Waals surface area contributed by atoms with Crippen LogP contribution >= 0.6 is 0 Å². The van der Waals surface area contributed by atoms with Gasteiger partial charge in [-0.3, -0.25) is 9.69 Å². The second-order valence-electron chi connectivity index (χ2n) is 5.00. The highest BCUT2D eigenvalue weighted by Gasteiger charge is 2.25. The van der Waals surface area contributed by atoms with Crippen LogP contribution in [0.5, 0.6) is 0 Å². The summed E-state index contributed by atoms with van der Waals surface area (Å²) in [6.07, 6.45) is 2.14. The van der Waals surface area contributed by atoms with Crippen molar-refractivity contribution in [2.75, 3.05) is 32.0 Å². The Morgan fingerprint density at radius 3 is 2.90 bits per heavy atom. The first-order chi connectivity index (χ1) is 9.60. The Bertz CT molecular complexity index is 481. The van der Waals surface area contributed by atoms with Gasteiger partial charge in [-0.25, -0.2) is 8.78 Å². The summed E-state index contributed by atoms with van der Waals surface area (Å²) >= 11 is 0. The molecule has 1 aliphatic rings. The van der Waals surface area contributed by atoms with E-state index in [1.54, 1.807) is 0 Å². The van der Waals surface area contributed by atoms with Crippen molar-refractivity contribution in [1.29, 1.82) is 0 Å². The normalized spacial score (nSPS) is 19.2. The van der Waals surface area contributed by atoms with Crippen LogP contribution in [-0.4, -0.2) is 43.5 Å². The van der Waals surface area contributed by atoms with E-state index in [1.165, 1.54) is 6.07 Å². The van der Waals surface area contributed by atoms with Gasteiger partial charge in [-0.1, -0.05) is 0 Å². The third-order valence-corrected chi connectivity index (χ3v) is 3.49. The number of nitrogens with zero attached hydrogens (tertiary/aromatic N) is 1. The molecule has 4 nitrogen and oxygen atoms in total. The van der Waals surface area contributed by atoms with Crippen molar-refractivity contribution in [2.24, 2.45) is 0 Å². The van der Waals surface area contributed by atoms with Crippen molar-refractivity contribution in [3.8, 4) is 0 Å². The molecule has 1 aliphatic heterocycles. The molecule has 1 unspecified atom stereocenters. The summed E-state index contributed by atoms with van der Waals surface area (Å²) in [5.74, 6) is -2.09. The summed E-state index contributed by atoms with van der Waals surface area (Å²) < 4.78 is 25.8. The van der Waals surface area contributed by atoms with Gasteiger partial charge in [-0.15, -0.1) is 0 Å². The van der Waals surface area contributed by atoms with Crippen LogP contribution in [0.1, 0.15) is 12.8 Å². The largest absolute Gasteiger partial charge is 0.325 e. The molecule has 0 saturated carbocycles. The summed E-state index contributed by atoms with van der Waals surface area (Å²) in [5, 5.41) is 5.70. The summed E-state index contributed by atoms with van der Waals surface area (Å²) in [4.78, 5) is 14.0. The lowest BCUT2D eigenvalue weighted by molar-refractivity contribution is -0.117. The zero-order valence-electron chi connectivity index (χ0n) is 11.5. The monoisotopic (exact) mass is 283 g/mol. The van der Waals surface area contributed by atoms with Crippen molar-refractivity contribution < 1.29 is 13.6 Å². The van der Waals surface area contributed by atoms with E-state index in [-0.39, 0.29) is 18.1 Å². The molecule has 1 atom stereocenters. The highest BCUT2D eigenvalue weighted by molar-refractivity contribution is 5.92. The van der Waals surface area contributed by atoms with Crippen LogP contribution in [0.3, 0.4) is 0 Å². The highest BCUT2D eigenvalue weighted by Crippen LogP contribution is 2.17. The molecule has 1 saturated heterocycles. The van der Waals surface area contributed by atoms with Gasteiger partial charge in [0, 0.05) is 24.3 Å². The van der Waals surface area contributed by atoms with Crippen molar-refractivity contribution in [1.82, 2.24) is 10.2 Å². The SMILES string of the molecule is CNCC1CCCN1CC(=O)Nc1ccc(F)c(F)c1.